The van der Waals surface area contributed by atoms with Gasteiger partial charge in [-0.25, -0.2) is 0 Å². The average molecular weight is 388 g/mol. The molecule has 0 bridgehead atoms. The van der Waals surface area contributed by atoms with Gasteiger partial charge in [-0.3, -0.25) is 9.59 Å². The van der Waals surface area contributed by atoms with Crippen LogP contribution in [0.3, 0.4) is 0 Å². The predicted molar refractivity (Wildman–Crippen MR) is 97.9 cm³/mol. The summed E-state index contributed by atoms with van der Waals surface area (Å²) in [6.45, 7) is 4.70. The molecule has 1 aliphatic rings. The van der Waals surface area contributed by atoms with E-state index in [9.17, 15) is 9.59 Å². The summed E-state index contributed by atoms with van der Waals surface area (Å²) < 4.78 is 5.84. The van der Waals surface area contributed by atoms with Gasteiger partial charge in [0, 0.05) is 19.0 Å². The normalized spacial score (nSPS) is 18.3. The highest BCUT2D eigenvalue weighted by Gasteiger charge is 2.28. The SMILES string of the molecule is CC(C)[C@H](N)C(=O)NCC(=O)N1CCC(Oc2ccc(Cl)c(Cl)c2)C1. The summed E-state index contributed by atoms with van der Waals surface area (Å²) in [5, 5.41) is 3.48. The molecule has 0 radical (unpaired) electrons. The zero-order valence-corrected chi connectivity index (χ0v) is 15.8. The number of hydrogen-bond donors (Lipinski definition) is 2. The molecule has 1 fully saturated rings. The lowest BCUT2D eigenvalue weighted by Gasteiger charge is -2.19. The number of nitrogens with two attached hydrogens (primary N) is 1. The van der Waals surface area contributed by atoms with Gasteiger partial charge in [0.25, 0.3) is 0 Å². The minimum Gasteiger partial charge on any atom is -0.488 e. The number of hydrogen-bond acceptors (Lipinski definition) is 4. The number of amides is 2. The third kappa shape index (κ3) is 5.49. The predicted octanol–water partition coefficient (Wildman–Crippen LogP) is 2.07. The molecule has 8 heteroatoms. The summed E-state index contributed by atoms with van der Waals surface area (Å²) in [5.41, 5.74) is 5.75. The first kappa shape index (κ1) is 19.8. The Morgan fingerprint density at radius 1 is 1.36 bits per heavy atom. The van der Waals surface area contributed by atoms with Crippen molar-refractivity contribution in [3.63, 3.8) is 0 Å². The van der Waals surface area contributed by atoms with E-state index in [0.29, 0.717) is 35.3 Å². The maximum atomic E-state index is 12.2. The fourth-order valence-electron chi connectivity index (χ4n) is 2.49. The van der Waals surface area contributed by atoms with Crippen molar-refractivity contribution in [2.45, 2.75) is 32.4 Å². The Morgan fingerprint density at radius 2 is 2.08 bits per heavy atom. The molecule has 138 valence electrons. The molecule has 0 saturated carbocycles. The molecular weight excluding hydrogens is 365 g/mol. The Balaban J connectivity index is 1.80. The molecule has 6 nitrogen and oxygen atoms in total. The van der Waals surface area contributed by atoms with Crippen LogP contribution >= 0.6 is 23.2 Å². The lowest BCUT2D eigenvalue weighted by atomic mass is 10.1. The highest BCUT2D eigenvalue weighted by atomic mass is 35.5. The quantitative estimate of drug-likeness (QED) is 0.782. The molecule has 1 unspecified atom stereocenters. The van der Waals surface area contributed by atoms with Gasteiger partial charge in [0.2, 0.25) is 11.8 Å². The Morgan fingerprint density at radius 3 is 2.72 bits per heavy atom. The second-order valence-electron chi connectivity index (χ2n) is 6.43. The first-order valence-electron chi connectivity index (χ1n) is 8.20. The molecule has 1 heterocycles. The van der Waals surface area contributed by atoms with Crippen molar-refractivity contribution in [2.75, 3.05) is 19.6 Å². The number of halogens is 2. The van der Waals surface area contributed by atoms with Crippen LogP contribution in [0, 0.1) is 5.92 Å². The molecule has 3 N–H and O–H groups in total. The maximum absolute atomic E-state index is 12.2. The second kappa shape index (κ2) is 8.74. The molecule has 1 saturated heterocycles. The monoisotopic (exact) mass is 387 g/mol. The van der Waals surface area contributed by atoms with Crippen LogP contribution in [0.4, 0.5) is 0 Å². The maximum Gasteiger partial charge on any atom is 0.242 e. The van der Waals surface area contributed by atoms with Crippen LogP contribution in [0.2, 0.25) is 10.0 Å². The Hall–Kier alpha value is -1.50. The molecule has 1 aliphatic heterocycles. The summed E-state index contributed by atoms with van der Waals surface area (Å²) in [4.78, 5) is 25.7. The Kier molecular flexibility index (Phi) is 6.93. The molecule has 25 heavy (non-hydrogen) atoms. The number of benzene rings is 1. The van der Waals surface area contributed by atoms with Gasteiger partial charge in [0.1, 0.15) is 11.9 Å². The lowest BCUT2D eigenvalue weighted by molar-refractivity contribution is -0.132. The van der Waals surface area contributed by atoms with Crippen molar-refractivity contribution in [3.8, 4) is 5.75 Å². The highest BCUT2D eigenvalue weighted by Crippen LogP contribution is 2.28. The molecular formula is C17H23Cl2N3O3. The van der Waals surface area contributed by atoms with Crippen LogP contribution < -0.4 is 15.8 Å². The molecule has 2 rings (SSSR count). The Bertz CT molecular complexity index is 640. The molecule has 0 spiro atoms. The van der Waals surface area contributed by atoms with Gasteiger partial charge in [-0.05, 0) is 18.1 Å². The fourth-order valence-corrected chi connectivity index (χ4v) is 2.78. The van der Waals surface area contributed by atoms with Gasteiger partial charge in [0.05, 0.1) is 29.2 Å². The van der Waals surface area contributed by atoms with Gasteiger partial charge < -0.3 is 20.7 Å². The van der Waals surface area contributed by atoms with Crippen LogP contribution in [0.15, 0.2) is 18.2 Å². The van der Waals surface area contributed by atoms with Crippen LogP contribution in [0.1, 0.15) is 20.3 Å². The molecule has 0 aliphatic carbocycles. The number of nitrogens with one attached hydrogen (secondary N) is 1. The largest absolute Gasteiger partial charge is 0.488 e. The van der Waals surface area contributed by atoms with E-state index in [2.05, 4.69) is 5.32 Å². The topological polar surface area (TPSA) is 84.7 Å². The third-order valence-corrected chi connectivity index (χ3v) is 4.87. The number of nitrogens with zero attached hydrogens (tertiary/aromatic N) is 1. The van der Waals surface area contributed by atoms with E-state index in [-0.39, 0.29) is 30.4 Å². The number of ether oxygens (including phenoxy) is 1. The van der Waals surface area contributed by atoms with Gasteiger partial charge in [-0.15, -0.1) is 0 Å². The van der Waals surface area contributed by atoms with Crippen molar-refractivity contribution in [2.24, 2.45) is 11.7 Å². The van der Waals surface area contributed by atoms with Crippen LogP contribution in [-0.4, -0.2) is 48.5 Å². The molecule has 1 aromatic rings. The smallest absolute Gasteiger partial charge is 0.242 e. The van der Waals surface area contributed by atoms with Gasteiger partial charge in [-0.2, -0.15) is 0 Å². The minimum absolute atomic E-state index is 0.0193. The average Bonchev–Trinajstić information content (AvgIpc) is 3.03. The van der Waals surface area contributed by atoms with Crippen molar-refractivity contribution in [1.29, 1.82) is 0 Å². The number of carbonyl (C=O) groups excluding carboxylic acids is 2. The standard InChI is InChI=1S/C17H23Cl2N3O3/c1-10(2)16(20)17(24)21-8-15(23)22-6-5-12(9-22)25-11-3-4-13(18)14(19)7-11/h3-4,7,10,12,16H,5-6,8-9,20H2,1-2H3,(H,21,24)/t12?,16-/m0/s1. The van der Waals surface area contributed by atoms with E-state index >= 15 is 0 Å². The molecule has 2 atom stereocenters. The highest BCUT2D eigenvalue weighted by molar-refractivity contribution is 6.42. The second-order valence-corrected chi connectivity index (χ2v) is 7.25. The summed E-state index contributed by atoms with van der Waals surface area (Å²) in [6.07, 6.45) is 0.598. The van der Waals surface area contributed by atoms with E-state index in [1.54, 1.807) is 23.1 Å². The Labute approximate surface area is 157 Å². The van der Waals surface area contributed by atoms with Gasteiger partial charge in [0.15, 0.2) is 0 Å². The fraction of sp³-hybridized carbons (Fsp3) is 0.529. The zero-order valence-electron chi connectivity index (χ0n) is 14.3. The first-order chi connectivity index (χ1) is 11.8. The number of rotatable bonds is 6. The molecule has 2 amide bonds. The summed E-state index contributed by atoms with van der Waals surface area (Å²) in [6, 6.07) is 4.45. The summed E-state index contributed by atoms with van der Waals surface area (Å²) in [5.74, 6) is 0.173. The summed E-state index contributed by atoms with van der Waals surface area (Å²) in [7, 11) is 0. The molecule has 1 aromatic carbocycles. The number of carbonyl (C=O) groups is 2. The van der Waals surface area contributed by atoms with E-state index in [0.717, 1.165) is 0 Å². The van der Waals surface area contributed by atoms with Crippen molar-refractivity contribution in [3.05, 3.63) is 28.2 Å². The van der Waals surface area contributed by atoms with Crippen LogP contribution in [0.5, 0.6) is 5.75 Å². The van der Waals surface area contributed by atoms with Crippen LogP contribution in [0.25, 0.3) is 0 Å². The van der Waals surface area contributed by atoms with Crippen molar-refractivity contribution < 1.29 is 14.3 Å². The van der Waals surface area contributed by atoms with E-state index in [1.807, 2.05) is 13.8 Å². The zero-order chi connectivity index (χ0) is 18.6. The first-order valence-corrected chi connectivity index (χ1v) is 8.96. The van der Waals surface area contributed by atoms with Crippen molar-refractivity contribution >= 4 is 35.0 Å². The van der Waals surface area contributed by atoms with Gasteiger partial charge in [-0.1, -0.05) is 37.0 Å². The third-order valence-electron chi connectivity index (χ3n) is 4.13. The molecule has 0 aromatic heterocycles. The van der Waals surface area contributed by atoms with E-state index in [4.69, 9.17) is 33.7 Å². The van der Waals surface area contributed by atoms with Crippen LogP contribution in [-0.2, 0) is 9.59 Å². The van der Waals surface area contributed by atoms with Gasteiger partial charge >= 0.3 is 0 Å². The van der Waals surface area contributed by atoms with E-state index < -0.39 is 6.04 Å². The summed E-state index contributed by atoms with van der Waals surface area (Å²) >= 11 is 11.9. The number of likely N-dealkylation sites (tertiary alicyclic amines) is 1. The van der Waals surface area contributed by atoms with Crippen molar-refractivity contribution in [1.82, 2.24) is 10.2 Å². The van der Waals surface area contributed by atoms with E-state index in [1.165, 1.54) is 0 Å². The minimum atomic E-state index is -0.614. The lowest BCUT2D eigenvalue weighted by Crippen LogP contribution is -2.47.